The van der Waals surface area contributed by atoms with Crippen molar-refractivity contribution in [2.24, 2.45) is 7.05 Å². The molecule has 4 nitrogen and oxygen atoms in total. The number of aromatic nitrogens is 2. The van der Waals surface area contributed by atoms with Crippen LogP contribution < -0.4 is 10.2 Å². The Labute approximate surface area is 119 Å². The first kappa shape index (κ1) is 13.7. The van der Waals surface area contributed by atoms with Crippen molar-refractivity contribution in [2.45, 2.75) is 13.5 Å². The molecule has 0 saturated carbocycles. The minimum atomic E-state index is 0.696. The highest BCUT2D eigenvalue weighted by Crippen LogP contribution is 2.26. The zero-order chi connectivity index (χ0) is 14.0. The number of anilines is 2. The summed E-state index contributed by atoms with van der Waals surface area (Å²) >= 11 is 6.20. The predicted molar refractivity (Wildman–Crippen MR) is 81.1 cm³/mol. The van der Waals surface area contributed by atoms with Gasteiger partial charge in [-0.25, -0.2) is 4.98 Å². The van der Waals surface area contributed by atoms with Crippen molar-refractivity contribution in [3.63, 3.8) is 0 Å². The minimum Gasteiger partial charge on any atom is -0.378 e. The summed E-state index contributed by atoms with van der Waals surface area (Å²) in [5.41, 5.74) is 3.24. The van der Waals surface area contributed by atoms with E-state index in [1.165, 1.54) is 0 Å². The number of nitrogens with one attached hydrogen (secondary N) is 1. The van der Waals surface area contributed by atoms with E-state index < -0.39 is 0 Å². The Morgan fingerprint density at radius 1 is 1.37 bits per heavy atom. The summed E-state index contributed by atoms with van der Waals surface area (Å²) in [6.45, 7) is 2.74. The molecule has 1 N–H and O–H groups in total. The van der Waals surface area contributed by atoms with Crippen molar-refractivity contribution in [3.05, 3.63) is 40.7 Å². The number of para-hydroxylation sites is 1. The Morgan fingerprint density at radius 2 is 2.11 bits per heavy atom. The van der Waals surface area contributed by atoms with Gasteiger partial charge in [0.25, 0.3) is 0 Å². The van der Waals surface area contributed by atoms with Crippen molar-refractivity contribution in [1.29, 1.82) is 0 Å². The molecular weight excluding hydrogens is 260 g/mol. The Kier molecular flexibility index (Phi) is 4.00. The molecule has 2 aromatic rings. The average Bonchev–Trinajstić information content (AvgIpc) is 2.70. The smallest absolute Gasteiger partial charge is 0.204 e. The standard InChI is InChI=1S/C14H19ClN4/c1-10-6-5-7-12(15)13(10)16-8-11-9-17-14(18(2)3)19(11)4/h5-7,9,16H,8H2,1-4H3. The van der Waals surface area contributed by atoms with Crippen LogP contribution in [-0.2, 0) is 13.6 Å². The van der Waals surface area contributed by atoms with Gasteiger partial charge < -0.3 is 14.8 Å². The summed E-state index contributed by atoms with van der Waals surface area (Å²) in [5.74, 6) is 0.938. The summed E-state index contributed by atoms with van der Waals surface area (Å²) in [6.07, 6.45) is 1.88. The van der Waals surface area contributed by atoms with Gasteiger partial charge in [0.05, 0.1) is 29.1 Å². The van der Waals surface area contributed by atoms with Gasteiger partial charge in [0, 0.05) is 21.1 Å². The fourth-order valence-electron chi connectivity index (χ4n) is 2.05. The maximum absolute atomic E-state index is 6.20. The van der Waals surface area contributed by atoms with Crippen molar-refractivity contribution in [3.8, 4) is 0 Å². The van der Waals surface area contributed by atoms with Gasteiger partial charge in [0.2, 0.25) is 5.95 Å². The zero-order valence-electron chi connectivity index (χ0n) is 11.7. The van der Waals surface area contributed by atoms with Gasteiger partial charge in [-0.05, 0) is 18.6 Å². The van der Waals surface area contributed by atoms with Crippen LogP contribution in [0.25, 0.3) is 0 Å². The highest BCUT2D eigenvalue weighted by molar-refractivity contribution is 6.33. The molecular formula is C14H19ClN4. The van der Waals surface area contributed by atoms with E-state index in [-0.39, 0.29) is 0 Å². The molecule has 2 rings (SSSR count). The van der Waals surface area contributed by atoms with Gasteiger partial charge in [0.15, 0.2) is 0 Å². The van der Waals surface area contributed by atoms with Gasteiger partial charge in [-0.1, -0.05) is 23.7 Å². The number of nitrogens with zero attached hydrogens (tertiary/aromatic N) is 3. The summed E-state index contributed by atoms with van der Waals surface area (Å²) in [5, 5.41) is 4.12. The maximum Gasteiger partial charge on any atom is 0.204 e. The summed E-state index contributed by atoms with van der Waals surface area (Å²) in [4.78, 5) is 6.38. The van der Waals surface area contributed by atoms with Crippen LogP contribution >= 0.6 is 11.6 Å². The van der Waals surface area contributed by atoms with Gasteiger partial charge in [-0.15, -0.1) is 0 Å². The van der Waals surface area contributed by atoms with E-state index in [2.05, 4.69) is 14.9 Å². The summed E-state index contributed by atoms with van der Waals surface area (Å²) in [7, 11) is 5.98. The zero-order valence-corrected chi connectivity index (χ0v) is 12.5. The van der Waals surface area contributed by atoms with E-state index in [1.54, 1.807) is 0 Å². The van der Waals surface area contributed by atoms with Crippen LogP contribution in [0.5, 0.6) is 0 Å². The number of rotatable bonds is 4. The van der Waals surface area contributed by atoms with Crippen LogP contribution in [0.1, 0.15) is 11.3 Å². The molecule has 0 bridgehead atoms. The van der Waals surface area contributed by atoms with Crippen LogP contribution in [0.3, 0.4) is 0 Å². The fraction of sp³-hybridized carbons (Fsp3) is 0.357. The van der Waals surface area contributed by atoms with E-state index in [9.17, 15) is 0 Å². The first-order chi connectivity index (χ1) is 9.00. The Balaban J connectivity index is 2.15. The van der Waals surface area contributed by atoms with Crippen LogP contribution in [0.15, 0.2) is 24.4 Å². The van der Waals surface area contributed by atoms with Crippen molar-refractivity contribution < 1.29 is 0 Å². The minimum absolute atomic E-state index is 0.696. The normalized spacial score (nSPS) is 10.6. The molecule has 0 aliphatic heterocycles. The number of aryl methyl sites for hydroxylation is 1. The second-order valence-corrected chi connectivity index (χ2v) is 5.20. The molecule has 102 valence electrons. The SMILES string of the molecule is Cc1cccc(Cl)c1NCc1cnc(N(C)C)n1C. The van der Waals surface area contributed by atoms with Gasteiger partial charge in [-0.2, -0.15) is 0 Å². The highest BCUT2D eigenvalue weighted by atomic mass is 35.5. The Hall–Kier alpha value is -1.68. The van der Waals surface area contributed by atoms with Gasteiger partial charge in [-0.3, -0.25) is 0 Å². The molecule has 19 heavy (non-hydrogen) atoms. The van der Waals surface area contributed by atoms with E-state index in [0.717, 1.165) is 27.9 Å². The van der Waals surface area contributed by atoms with Crippen molar-refractivity contribution in [2.75, 3.05) is 24.3 Å². The number of benzene rings is 1. The van der Waals surface area contributed by atoms with E-state index in [4.69, 9.17) is 11.6 Å². The molecule has 0 spiro atoms. The lowest BCUT2D eigenvalue weighted by atomic mass is 10.2. The van der Waals surface area contributed by atoms with E-state index in [1.807, 2.05) is 57.4 Å². The van der Waals surface area contributed by atoms with Gasteiger partial charge in [0.1, 0.15) is 0 Å². The van der Waals surface area contributed by atoms with Crippen molar-refractivity contribution >= 4 is 23.2 Å². The fourth-order valence-corrected chi connectivity index (χ4v) is 2.34. The van der Waals surface area contributed by atoms with Crippen LogP contribution in [0, 0.1) is 6.92 Å². The van der Waals surface area contributed by atoms with E-state index in [0.29, 0.717) is 6.54 Å². The first-order valence-electron chi connectivity index (χ1n) is 6.17. The number of imidazole rings is 1. The molecule has 0 aliphatic carbocycles. The number of hydrogen-bond donors (Lipinski definition) is 1. The number of hydrogen-bond acceptors (Lipinski definition) is 3. The Bertz CT molecular complexity index is 555. The number of halogens is 1. The molecule has 1 heterocycles. The van der Waals surface area contributed by atoms with Gasteiger partial charge >= 0.3 is 0 Å². The topological polar surface area (TPSA) is 33.1 Å². The lowest BCUT2D eigenvalue weighted by molar-refractivity contribution is 0.813. The summed E-state index contributed by atoms with van der Waals surface area (Å²) in [6, 6.07) is 5.89. The molecule has 0 fully saturated rings. The van der Waals surface area contributed by atoms with Crippen LogP contribution in [-0.4, -0.2) is 23.6 Å². The maximum atomic E-state index is 6.20. The molecule has 0 atom stereocenters. The molecule has 1 aromatic heterocycles. The van der Waals surface area contributed by atoms with Crippen LogP contribution in [0.4, 0.5) is 11.6 Å². The van der Waals surface area contributed by atoms with E-state index >= 15 is 0 Å². The molecule has 0 unspecified atom stereocenters. The molecule has 0 aliphatic rings. The third-order valence-electron chi connectivity index (χ3n) is 3.13. The average molecular weight is 279 g/mol. The van der Waals surface area contributed by atoms with Crippen LogP contribution in [0.2, 0.25) is 5.02 Å². The second kappa shape index (κ2) is 5.53. The predicted octanol–water partition coefficient (Wildman–Crippen LogP) is 3.06. The summed E-state index contributed by atoms with van der Waals surface area (Å²) < 4.78 is 2.07. The molecule has 0 amide bonds. The lowest BCUT2D eigenvalue weighted by Crippen LogP contribution is -2.15. The molecule has 5 heteroatoms. The second-order valence-electron chi connectivity index (χ2n) is 4.79. The quantitative estimate of drug-likeness (QED) is 0.933. The third kappa shape index (κ3) is 2.84. The molecule has 0 saturated heterocycles. The Morgan fingerprint density at radius 3 is 2.68 bits per heavy atom. The monoisotopic (exact) mass is 278 g/mol. The van der Waals surface area contributed by atoms with Crippen molar-refractivity contribution in [1.82, 2.24) is 9.55 Å². The third-order valence-corrected chi connectivity index (χ3v) is 3.44. The lowest BCUT2D eigenvalue weighted by Gasteiger charge is -2.14. The first-order valence-corrected chi connectivity index (χ1v) is 6.55. The highest BCUT2D eigenvalue weighted by Gasteiger charge is 2.09. The molecule has 1 aromatic carbocycles. The largest absolute Gasteiger partial charge is 0.378 e. The molecule has 0 radical (unpaired) electrons.